The zero-order valence-corrected chi connectivity index (χ0v) is 22.5. The average molecular weight is 563 g/mol. The maximum atomic E-state index is 13.3. The van der Waals surface area contributed by atoms with E-state index < -0.39 is 19.7 Å². The van der Waals surface area contributed by atoms with Crippen molar-refractivity contribution < 1.29 is 21.6 Å². The van der Waals surface area contributed by atoms with Crippen LogP contribution in [-0.2, 0) is 31.0 Å². The fraction of sp³-hybridized carbons (Fsp3) is 0.200. The van der Waals surface area contributed by atoms with E-state index in [1.54, 1.807) is 12.1 Å². The summed E-state index contributed by atoms with van der Waals surface area (Å²) in [7, 11) is -6.95. The first kappa shape index (κ1) is 26.3. The third-order valence-electron chi connectivity index (χ3n) is 5.47. The smallest absolute Gasteiger partial charge is 0.229 e. The van der Waals surface area contributed by atoms with Crippen LogP contribution in [-0.4, -0.2) is 39.7 Å². The van der Waals surface area contributed by atoms with Crippen LogP contribution < -0.4 is 4.90 Å². The average Bonchev–Trinajstić information content (AvgIpc) is 3.26. The van der Waals surface area contributed by atoms with Crippen molar-refractivity contribution in [3.63, 3.8) is 0 Å². The van der Waals surface area contributed by atoms with Crippen LogP contribution in [0, 0.1) is 0 Å². The first-order valence-corrected chi connectivity index (χ1v) is 15.7. The van der Waals surface area contributed by atoms with Crippen molar-refractivity contribution in [2.75, 3.05) is 16.9 Å². The monoisotopic (exact) mass is 562 g/mol. The molecule has 36 heavy (non-hydrogen) atoms. The summed E-state index contributed by atoms with van der Waals surface area (Å²) in [6.45, 7) is 0.252. The number of sulfone groups is 2. The highest BCUT2D eigenvalue weighted by Crippen LogP contribution is 2.32. The number of nitrogens with zero attached hydrogens (tertiary/aromatic N) is 2. The van der Waals surface area contributed by atoms with Crippen LogP contribution in [0.15, 0.2) is 82.6 Å². The predicted molar refractivity (Wildman–Crippen MR) is 143 cm³/mol. The minimum absolute atomic E-state index is 0.00413. The molecular weight excluding hydrogens is 540 g/mol. The number of benzene rings is 3. The second-order valence-corrected chi connectivity index (χ2v) is 13.8. The number of rotatable bonds is 9. The van der Waals surface area contributed by atoms with Crippen LogP contribution in [0.3, 0.4) is 0 Å². The van der Waals surface area contributed by atoms with Crippen molar-refractivity contribution in [3.05, 3.63) is 83.4 Å². The van der Waals surface area contributed by atoms with Crippen LogP contribution in [0.25, 0.3) is 10.2 Å². The quantitative estimate of drug-likeness (QED) is 0.280. The van der Waals surface area contributed by atoms with Crippen molar-refractivity contribution in [1.82, 2.24) is 4.98 Å². The van der Waals surface area contributed by atoms with Crippen LogP contribution in [0.1, 0.15) is 18.4 Å². The fourth-order valence-corrected chi connectivity index (χ4v) is 6.76. The van der Waals surface area contributed by atoms with E-state index >= 15 is 0 Å². The van der Waals surface area contributed by atoms with Gasteiger partial charge in [-0.25, -0.2) is 21.8 Å². The first-order chi connectivity index (χ1) is 17.0. The number of carbonyl (C=O) groups is 1. The maximum Gasteiger partial charge on any atom is 0.229 e. The Kier molecular flexibility index (Phi) is 7.79. The van der Waals surface area contributed by atoms with Gasteiger partial charge in [-0.1, -0.05) is 53.3 Å². The predicted octanol–water partition coefficient (Wildman–Crippen LogP) is 5.14. The summed E-state index contributed by atoms with van der Waals surface area (Å²) >= 11 is 7.07. The molecule has 11 heteroatoms. The Morgan fingerprint density at radius 1 is 0.944 bits per heavy atom. The molecule has 7 nitrogen and oxygen atoms in total. The summed E-state index contributed by atoms with van der Waals surface area (Å²) in [4.78, 5) is 19.7. The highest BCUT2D eigenvalue weighted by Gasteiger charge is 2.22. The highest BCUT2D eigenvalue weighted by atomic mass is 35.5. The molecule has 3 aromatic carbocycles. The zero-order chi connectivity index (χ0) is 25.9. The number of carbonyl (C=O) groups excluding carboxylic acids is 1. The molecule has 188 valence electrons. The van der Waals surface area contributed by atoms with E-state index in [1.165, 1.54) is 46.6 Å². The van der Waals surface area contributed by atoms with Crippen LogP contribution in [0.4, 0.5) is 5.13 Å². The molecule has 0 saturated heterocycles. The van der Waals surface area contributed by atoms with E-state index in [-0.39, 0.29) is 40.8 Å². The molecule has 0 unspecified atom stereocenters. The Labute approximate surface area is 219 Å². The van der Waals surface area contributed by atoms with Gasteiger partial charge < -0.3 is 0 Å². The number of hydrogen-bond acceptors (Lipinski definition) is 7. The molecule has 0 fully saturated rings. The highest BCUT2D eigenvalue weighted by molar-refractivity contribution is 7.91. The van der Waals surface area contributed by atoms with E-state index in [0.29, 0.717) is 20.4 Å². The van der Waals surface area contributed by atoms with E-state index in [0.717, 1.165) is 11.8 Å². The minimum atomic E-state index is -3.56. The Hall–Kier alpha value is -2.79. The molecule has 0 bridgehead atoms. The summed E-state index contributed by atoms with van der Waals surface area (Å²) < 4.78 is 49.9. The van der Waals surface area contributed by atoms with Gasteiger partial charge in [0.1, 0.15) is 0 Å². The van der Waals surface area contributed by atoms with Gasteiger partial charge in [0.15, 0.2) is 24.8 Å². The third-order valence-corrected chi connectivity index (χ3v) is 9.69. The van der Waals surface area contributed by atoms with E-state index in [2.05, 4.69) is 4.98 Å². The molecule has 0 saturated carbocycles. The van der Waals surface area contributed by atoms with Gasteiger partial charge in [-0.2, -0.15) is 0 Å². The second kappa shape index (κ2) is 10.7. The number of anilines is 1. The molecule has 0 atom stereocenters. The first-order valence-electron chi connectivity index (χ1n) is 11.0. The summed E-state index contributed by atoms with van der Waals surface area (Å²) in [5.74, 6) is -0.454. The third kappa shape index (κ3) is 6.31. The molecule has 1 aromatic heterocycles. The van der Waals surface area contributed by atoms with Crippen LogP contribution in [0.5, 0.6) is 0 Å². The lowest BCUT2D eigenvalue weighted by Crippen LogP contribution is -2.30. The van der Waals surface area contributed by atoms with Gasteiger partial charge in [0.2, 0.25) is 5.91 Å². The summed E-state index contributed by atoms with van der Waals surface area (Å²) in [6, 6.07) is 20.0. The molecule has 0 N–H and O–H groups in total. The van der Waals surface area contributed by atoms with E-state index in [1.807, 2.05) is 30.3 Å². The van der Waals surface area contributed by atoms with Crippen LogP contribution in [0.2, 0.25) is 5.02 Å². The zero-order valence-electron chi connectivity index (χ0n) is 19.3. The molecule has 0 aliphatic heterocycles. The molecule has 0 aliphatic rings. The van der Waals surface area contributed by atoms with Gasteiger partial charge in [0.25, 0.3) is 0 Å². The molecule has 0 radical (unpaired) electrons. The molecule has 4 aromatic rings. The second-order valence-electron chi connectivity index (χ2n) is 8.24. The van der Waals surface area contributed by atoms with Crippen molar-refractivity contribution >= 4 is 63.9 Å². The Morgan fingerprint density at radius 3 is 2.28 bits per heavy atom. The summed E-state index contributed by atoms with van der Waals surface area (Å²) in [6.07, 6.45) is 1.28. The van der Waals surface area contributed by atoms with Gasteiger partial charge in [0, 0.05) is 17.7 Å². The van der Waals surface area contributed by atoms with Gasteiger partial charge in [-0.05, 0) is 54.4 Å². The number of amides is 1. The molecule has 1 amide bonds. The van der Waals surface area contributed by atoms with Crippen LogP contribution >= 0.6 is 22.9 Å². The summed E-state index contributed by atoms with van der Waals surface area (Å²) in [5, 5.41) is 0.866. The Balaban J connectivity index is 1.56. The van der Waals surface area contributed by atoms with Crippen molar-refractivity contribution in [3.8, 4) is 0 Å². The SMILES string of the molecule is CS(=O)(=O)c1ccc2nc(N(Cc3ccccc3)C(=O)CCCS(=O)(=O)c3ccc(Cl)cc3)sc2c1. The molecule has 1 heterocycles. The van der Waals surface area contributed by atoms with Crippen molar-refractivity contribution in [2.45, 2.75) is 29.2 Å². The number of hydrogen-bond donors (Lipinski definition) is 0. The van der Waals surface area contributed by atoms with Crippen molar-refractivity contribution in [2.24, 2.45) is 0 Å². The molecular formula is C25H23ClN2O5S3. The molecule has 0 aliphatic carbocycles. The van der Waals surface area contributed by atoms with Crippen molar-refractivity contribution in [1.29, 1.82) is 0 Å². The number of fused-ring (bicyclic) bond motifs is 1. The topological polar surface area (TPSA) is 101 Å². The van der Waals surface area contributed by atoms with Gasteiger partial charge in [0.05, 0.1) is 32.3 Å². The standard InChI is InChI=1S/C25H23ClN2O5S3/c1-35(30,31)21-13-14-22-23(16-21)34-25(27-22)28(17-18-6-3-2-4-7-18)24(29)8-5-15-36(32,33)20-11-9-19(26)10-12-20/h2-4,6-7,9-14,16H,5,8,15,17H2,1H3. The maximum absolute atomic E-state index is 13.3. The lowest BCUT2D eigenvalue weighted by Gasteiger charge is -2.20. The normalized spacial score (nSPS) is 12.1. The number of aromatic nitrogens is 1. The minimum Gasteiger partial charge on any atom is -0.284 e. The summed E-state index contributed by atoms with van der Waals surface area (Å²) in [5.41, 5.74) is 1.47. The number of thiazole rings is 1. The van der Waals surface area contributed by atoms with E-state index in [9.17, 15) is 21.6 Å². The lowest BCUT2D eigenvalue weighted by atomic mass is 10.2. The molecule has 4 rings (SSSR count). The Bertz CT molecular complexity index is 1600. The largest absolute Gasteiger partial charge is 0.284 e. The van der Waals surface area contributed by atoms with Gasteiger partial charge >= 0.3 is 0 Å². The van der Waals surface area contributed by atoms with Gasteiger partial charge in [-0.15, -0.1) is 0 Å². The number of halogens is 1. The fourth-order valence-electron chi connectivity index (χ4n) is 3.58. The Morgan fingerprint density at radius 2 is 1.61 bits per heavy atom. The van der Waals surface area contributed by atoms with E-state index in [4.69, 9.17) is 11.6 Å². The lowest BCUT2D eigenvalue weighted by molar-refractivity contribution is -0.118. The van der Waals surface area contributed by atoms with Gasteiger partial charge in [-0.3, -0.25) is 9.69 Å². The molecule has 0 spiro atoms.